The molecule has 0 radical (unpaired) electrons. The lowest BCUT2D eigenvalue weighted by molar-refractivity contribution is 0.606. The van der Waals surface area contributed by atoms with Crippen LogP contribution in [0.2, 0.25) is 10.0 Å². The third kappa shape index (κ3) is 3.39. The second-order valence-electron chi connectivity index (χ2n) is 7.16. The van der Waals surface area contributed by atoms with Gasteiger partial charge in [0, 0.05) is 39.1 Å². The zero-order chi connectivity index (χ0) is 20.1. The lowest BCUT2D eigenvalue weighted by atomic mass is 9.92. The number of hydrogen-bond donors (Lipinski definition) is 3. The van der Waals surface area contributed by atoms with E-state index in [-0.39, 0.29) is 11.9 Å². The van der Waals surface area contributed by atoms with Gasteiger partial charge in [0.05, 0.1) is 23.3 Å². The average molecular weight is 445 g/mol. The molecule has 29 heavy (non-hydrogen) atoms. The molecule has 148 valence electrons. The number of anilines is 1. The minimum Gasteiger partial charge on any atom is -0.370 e. The van der Waals surface area contributed by atoms with E-state index in [0.29, 0.717) is 16.6 Å². The van der Waals surface area contributed by atoms with Gasteiger partial charge in [0.1, 0.15) is 0 Å². The lowest BCUT2D eigenvalue weighted by Crippen LogP contribution is -2.35. The lowest BCUT2D eigenvalue weighted by Gasteiger charge is -2.32. The Hall–Kier alpha value is -2.48. The first kappa shape index (κ1) is 18.5. The van der Waals surface area contributed by atoms with Crippen molar-refractivity contribution in [2.45, 2.75) is 12.5 Å². The van der Waals surface area contributed by atoms with Gasteiger partial charge < -0.3 is 21.4 Å². The van der Waals surface area contributed by atoms with Gasteiger partial charge in [-0.25, -0.2) is 4.98 Å². The number of guanidine groups is 1. The first-order valence-corrected chi connectivity index (χ1v) is 10.7. The van der Waals surface area contributed by atoms with Crippen molar-refractivity contribution in [1.82, 2.24) is 9.97 Å². The number of nitrogens with zero attached hydrogens (tertiary/aromatic N) is 3. The molecule has 5 rings (SSSR count). The summed E-state index contributed by atoms with van der Waals surface area (Å²) < 4.78 is 1.07. The van der Waals surface area contributed by atoms with Crippen molar-refractivity contribution < 1.29 is 0 Å². The molecule has 0 spiro atoms. The van der Waals surface area contributed by atoms with Crippen LogP contribution in [-0.2, 0) is 6.54 Å². The van der Waals surface area contributed by atoms with Gasteiger partial charge >= 0.3 is 0 Å². The number of nitrogens with one attached hydrogen (secondary N) is 1. The molecule has 9 heteroatoms. The van der Waals surface area contributed by atoms with E-state index in [4.69, 9.17) is 39.7 Å². The van der Waals surface area contributed by atoms with E-state index in [2.05, 4.69) is 14.9 Å². The molecule has 1 aliphatic heterocycles. The summed E-state index contributed by atoms with van der Waals surface area (Å²) in [6.45, 7) is 1.99. The Labute approximate surface area is 181 Å². The number of halogens is 2. The van der Waals surface area contributed by atoms with Crippen molar-refractivity contribution in [2.75, 3.05) is 18.0 Å². The Balaban J connectivity index is 1.59. The van der Waals surface area contributed by atoms with Crippen LogP contribution in [0.4, 0.5) is 5.13 Å². The van der Waals surface area contributed by atoms with E-state index in [1.54, 1.807) is 11.3 Å². The molecule has 0 amide bonds. The number of fused-ring (bicyclic) bond motifs is 4. The third-order valence-corrected chi connectivity index (χ3v) is 6.73. The Morgan fingerprint density at radius 1 is 1.21 bits per heavy atom. The topological polar surface area (TPSA) is 96.3 Å². The van der Waals surface area contributed by atoms with Gasteiger partial charge in [-0.1, -0.05) is 34.5 Å². The van der Waals surface area contributed by atoms with Crippen molar-refractivity contribution in [1.29, 1.82) is 0 Å². The van der Waals surface area contributed by atoms with Crippen LogP contribution in [-0.4, -0.2) is 29.0 Å². The summed E-state index contributed by atoms with van der Waals surface area (Å²) in [5, 5.41) is 3.51. The standard InChI is InChI=1S/C20H18Cl2N6S/c21-11-1-3-14-13(5-11)18-10(7-25-19(23)24)8-28(9-16(18)26-14)20-27-15-4-2-12(22)6-17(15)29-20/h1-6,10,26H,7-9H2,(H4,23,24,25). The number of hydrogen-bond acceptors (Lipinski definition) is 4. The van der Waals surface area contributed by atoms with E-state index in [1.165, 1.54) is 5.56 Å². The maximum absolute atomic E-state index is 6.26. The molecule has 2 aromatic carbocycles. The normalized spacial score (nSPS) is 16.3. The first-order valence-electron chi connectivity index (χ1n) is 9.14. The van der Waals surface area contributed by atoms with Crippen LogP contribution >= 0.6 is 34.5 Å². The third-order valence-electron chi connectivity index (χ3n) is 5.18. The molecule has 5 N–H and O–H groups in total. The number of rotatable bonds is 3. The maximum Gasteiger partial charge on any atom is 0.186 e. The molecule has 0 saturated heterocycles. The molecule has 3 heterocycles. The highest BCUT2D eigenvalue weighted by Gasteiger charge is 2.30. The molecule has 0 saturated carbocycles. The number of nitrogens with two attached hydrogens (primary N) is 2. The molecule has 0 bridgehead atoms. The van der Waals surface area contributed by atoms with Gasteiger partial charge in [-0.05, 0) is 42.0 Å². The van der Waals surface area contributed by atoms with E-state index in [9.17, 15) is 0 Å². The average Bonchev–Trinajstić information content (AvgIpc) is 3.26. The number of aromatic amines is 1. The molecule has 1 aliphatic rings. The largest absolute Gasteiger partial charge is 0.370 e. The van der Waals surface area contributed by atoms with E-state index >= 15 is 0 Å². The zero-order valence-electron chi connectivity index (χ0n) is 15.3. The molecule has 4 aromatic rings. The number of aliphatic imine (C=N–C) groups is 1. The molecule has 0 aliphatic carbocycles. The van der Waals surface area contributed by atoms with Crippen LogP contribution in [0.5, 0.6) is 0 Å². The van der Waals surface area contributed by atoms with E-state index < -0.39 is 0 Å². The predicted molar refractivity (Wildman–Crippen MR) is 122 cm³/mol. The number of benzene rings is 2. The summed E-state index contributed by atoms with van der Waals surface area (Å²) in [4.78, 5) is 14.9. The molecule has 6 nitrogen and oxygen atoms in total. The van der Waals surface area contributed by atoms with Crippen molar-refractivity contribution in [3.05, 3.63) is 57.7 Å². The van der Waals surface area contributed by atoms with E-state index in [0.717, 1.165) is 45.0 Å². The van der Waals surface area contributed by atoms with Gasteiger partial charge in [-0.2, -0.15) is 0 Å². The van der Waals surface area contributed by atoms with Gasteiger partial charge in [-0.15, -0.1) is 0 Å². The zero-order valence-corrected chi connectivity index (χ0v) is 17.7. The highest BCUT2D eigenvalue weighted by molar-refractivity contribution is 7.22. The fourth-order valence-corrected chi connectivity index (χ4v) is 5.40. The number of aromatic nitrogens is 2. The molecule has 1 atom stereocenters. The van der Waals surface area contributed by atoms with E-state index in [1.807, 2.05) is 36.4 Å². The SMILES string of the molecule is NC(N)=NCC1CN(c2nc3ccc(Cl)cc3s2)Cc2[nH]c3ccc(Cl)cc3c21. The van der Waals surface area contributed by atoms with Crippen LogP contribution < -0.4 is 16.4 Å². The Bertz CT molecular complexity index is 1260. The summed E-state index contributed by atoms with van der Waals surface area (Å²) >= 11 is 14.0. The van der Waals surface area contributed by atoms with Crippen LogP contribution in [0, 0.1) is 0 Å². The predicted octanol–water partition coefficient (Wildman–Crippen LogP) is 4.46. The summed E-state index contributed by atoms with van der Waals surface area (Å²) in [5.74, 6) is 0.208. The van der Waals surface area contributed by atoms with Crippen LogP contribution in [0.25, 0.3) is 21.1 Å². The van der Waals surface area contributed by atoms with Crippen LogP contribution in [0.3, 0.4) is 0 Å². The van der Waals surface area contributed by atoms with Gasteiger partial charge in [0.2, 0.25) is 0 Å². The van der Waals surface area contributed by atoms with Crippen molar-refractivity contribution in [3.63, 3.8) is 0 Å². The second kappa shape index (κ2) is 7.09. The summed E-state index contributed by atoms with van der Waals surface area (Å²) in [7, 11) is 0. The molecular weight excluding hydrogens is 427 g/mol. The molecule has 0 fully saturated rings. The first-order chi connectivity index (χ1) is 14.0. The van der Waals surface area contributed by atoms with Crippen molar-refractivity contribution in [3.8, 4) is 0 Å². The van der Waals surface area contributed by atoms with Crippen molar-refractivity contribution in [2.24, 2.45) is 16.5 Å². The fourth-order valence-electron chi connectivity index (χ4n) is 3.98. The second-order valence-corrected chi connectivity index (χ2v) is 9.04. The van der Waals surface area contributed by atoms with Gasteiger partial charge in [-0.3, -0.25) is 4.99 Å². The Morgan fingerprint density at radius 3 is 2.83 bits per heavy atom. The molecule has 1 unspecified atom stereocenters. The van der Waals surface area contributed by atoms with Crippen LogP contribution in [0.15, 0.2) is 41.4 Å². The molecular formula is C20H18Cl2N6S. The maximum atomic E-state index is 6.26. The quantitative estimate of drug-likeness (QED) is 0.320. The van der Waals surface area contributed by atoms with Crippen molar-refractivity contribution >= 4 is 66.7 Å². The van der Waals surface area contributed by atoms with Crippen LogP contribution in [0.1, 0.15) is 17.2 Å². The number of H-pyrrole nitrogens is 1. The molecule has 2 aromatic heterocycles. The minimum absolute atomic E-state index is 0.0937. The monoisotopic (exact) mass is 444 g/mol. The highest BCUT2D eigenvalue weighted by Crippen LogP contribution is 2.39. The summed E-state index contributed by atoms with van der Waals surface area (Å²) in [5.41, 5.74) is 15.6. The highest BCUT2D eigenvalue weighted by atomic mass is 35.5. The fraction of sp³-hybridized carbons (Fsp3) is 0.200. The summed E-state index contributed by atoms with van der Waals surface area (Å²) in [6, 6.07) is 11.7. The Morgan fingerprint density at radius 2 is 2.00 bits per heavy atom. The summed E-state index contributed by atoms with van der Waals surface area (Å²) in [6.07, 6.45) is 0. The number of thiazole rings is 1. The van der Waals surface area contributed by atoms with Gasteiger partial charge in [0.15, 0.2) is 11.1 Å². The minimum atomic E-state index is 0.0937. The van der Waals surface area contributed by atoms with Gasteiger partial charge in [0.25, 0.3) is 0 Å². The Kier molecular flexibility index (Phi) is 4.53. The smallest absolute Gasteiger partial charge is 0.186 e.